The highest BCUT2D eigenvalue weighted by Gasteiger charge is 2.16. The highest BCUT2D eigenvalue weighted by atomic mass is 35.5. The van der Waals surface area contributed by atoms with Crippen LogP contribution in [0, 0.1) is 0 Å². The summed E-state index contributed by atoms with van der Waals surface area (Å²) in [6, 6.07) is 0. The van der Waals surface area contributed by atoms with Crippen molar-refractivity contribution in [2.24, 2.45) is 0 Å². The summed E-state index contributed by atoms with van der Waals surface area (Å²) in [6.07, 6.45) is 0. The lowest BCUT2D eigenvalue weighted by molar-refractivity contribution is 0.854. The van der Waals surface area contributed by atoms with Gasteiger partial charge < -0.3 is 4.90 Å². The van der Waals surface area contributed by atoms with E-state index in [9.17, 15) is 0 Å². The Balaban J connectivity index is 3.23. The van der Waals surface area contributed by atoms with Gasteiger partial charge in [-0.25, -0.2) is 0 Å². The van der Waals surface area contributed by atoms with Crippen LogP contribution in [0.15, 0.2) is 0 Å². The summed E-state index contributed by atoms with van der Waals surface area (Å²) >= 11 is 17.6. The SMILES string of the molecule is CCN(CC)c1c(Cl)nnc(Cl)c1Cl. The summed E-state index contributed by atoms with van der Waals surface area (Å²) in [5.41, 5.74) is 0.651. The third kappa shape index (κ3) is 2.22. The van der Waals surface area contributed by atoms with Gasteiger partial charge in [0.2, 0.25) is 0 Å². The molecule has 0 fully saturated rings. The van der Waals surface area contributed by atoms with E-state index < -0.39 is 0 Å². The van der Waals surface area contributed by atoms with E-state index in [1.807, 2.05) is 18.7 Å². The van der Waals surface area contributed by atoms with Crippen LogP contribution in [0.5, 0.6) is 0 Å². The summed E-state index contributed by atoms with van der Waals surface area (Å²) in [5, 5.41) is 8.14. The molecule has 0 radical (unpaired) electrons. The quantitative estimate of drug-likeness (QED) is 0.829. The summed E-state index contributed by atoms with van der Waals surface area (Å²) in [5.74, 6) is 0. The highest BCUT2D eigenvalue weighted by molar-refractivity contribution is 6.44. The van der Waals surface area contributed by atoms with E-state index >= 15 is 0 Å². The lowest BCUT2D eigenvalue weighted by Gasteiger charge is -2.22. The molecule has 1 aromatic rings. The van der Waals surface area contributed by atoms with Crippen molar-refractivity contribution in [2.45, 2.75) is 13.8 Å². The second kappa shape index (κ2) is 5.01. The van der Waals surface area contributed by atoms with E-state index in [-0.39, 0.29) is 10.3 Å². The number of aromatic nitrogens is 2. The fraction of sp³-hybridized carbons (Fsp3) is 0.500. The second-order valence-electron chi connectivity index (χ2n) is 2.62. The van der Waals surface area contributed by atoms with Crippen molar-refractivity contribution >= 4 is 40.5 Å². The maximum Gasteiger partial charge on any atom is 0.176 e. The molecule has 0 saturated heterocycles. The van der Waals surface area contributed by atoms with E-state index in [0.717, 1.165) is 13.1 Å². The molecule has 0 aliphatic carbocycles. The predicted molar refractivity (Wildman–Crippen MR) is 60.6 cm³/mol. The van der Waals surface area contributed by atoms with Crippen LogP contribution in [0.1, 0.15) is 13.8 Å². The van der Waals surface area contributed by atoms with Crippen molar-refractivity contribution in [3.8, 4) is 0 Å². The molecule has 78 valence electrons. The lowest BCUT2D eigenvalue weighted by atomic mass is 10.4. The third-order valence-corrected chi connectivity index (χ3v) is 2.86. The molecule has 0 spiro atoms. The fourth-order valence-electron chi connectivity index (χ4n) is 1.18. The monoisotopic (exact) mass is 253 g/mol. The molecule has 6 heteroatoms. The first-order chi connectivity index (χ1) is 6.61. The van der Waals surface area contributed by atoms with Crippen molar-refractivity contribution in [2.75, 3.05) is 18.0 Å². The Kier molecular flexibility index (Phi) is 4.23. The molecule has 0 amide bonds. The number of anilines is 1. The first kappa shape index (κ1) is 11.8. The van der Waals surface area contributed by atoms with Crippen LogP contribution in [0.2, 0.25) is 15.3 Å². The van der Waals surface area contributed by atoms with Crippen molar-refractivity contribution in [3.05, 3.63) is 15.3 Å². The Morgan fingerprint density at radius 2 is 1.50 bits per heavy atom. The maximum atomic E-state index is 5.99. The van der Waals surface area contributed by atoms with Gasteiger partial charge in [-0.2, -0.15) is 0 Å². The zero-order chi connectivity index (χ0) is 10.7. The Morgan fingerprint density at radius 3 is 2.00 bits per heavy atom. The van der Waals surface area contributed by atoms with Gasteiger partial charge in [-0.3, -0.25) is 0 Å². The number of halogens is 3. The van der Waals surface area contributed by atoms with E-state index in [1.54, 1.807) is 0 Å². The molecule has 0 N–H and O–H groups in total. The van der Waals surface area contributed by atoms with Crippen LogP contribution in [0.25, 0.3) is 0 Å². The Labute approximate surface area is 98.0 Å². The molecular formula is C8H10Cl3N3. The van der Waals surface area contributed by atoms with E-state index in [4.69, 9.17) is 34.8 Å². The number of rotatable bonds is 3. The van der Waals surface area contributed by atoms with Gasteiger partial charge in [-0.1, -0.05) is 34.8 Å². The molecule has 0 bridgehead atoms. The predicted octanol–water partition coefficient (Wildman–Crippen LogP) is 3.28. The van der Waals surface area contributed by atoms with Crippen LogP contribution >= 0.6 is 34.8 Å². The molecule has 0 atom stereocenters. The number of hydrogen-bond acceptors (Lipinski definition) is 3. The average molecular weight is 255 g/mol. The first-order valence-electron chi connectivity index (χ1n) is 4.23. The zero-order valence-electron chi connectivity index (χ0n) is 7.89. The van der Waals surface area contributed by atoms with Gasteiger partial charge in [0.15, 0.2) is 10.3 Å². The third-order valence-electron chi connectivity index (χ3n) is 1.89. The highest BCUT2D eigenvalue weighted by Crippen LogP contribution is 2.35. The Morgan fingerprint density at radius 1 is 1.00 bits per heavy atom. The lowest BCUT2D eigenvalue weighted by Crippen LogP contribution is -2.23. The Bertz CT molecular complexity index is 326. The maximum absolute atomic E-state index is 5.99. The van der Waals surface area contributed by atoms with Gasteiger partial charge in [0, 0.05) is 13.1 Å². The molecular weight excluding hydrogens is 244 g/mol. The van der Waals surface area contributed by atoms with Crippen LogP contribution in [-0.4, -0.2) is 23.3 Å². The van der Waals surface area contributed by atoms with Crippen molar-refractivity contribution in [1.82, 2.24) is 10.2 Å². The largest absolute Gasteiger partial charge is 0.368 e. The van der Waals surface area contributed by atoms with E-state index in [2.05, 4.69) is 10.2 Å². The summed E-state index contributed by atoms with van der Waals surface area (Å²) < 4.78 is 0. The molecule has 0 aliphatic rings. The molecule has 0 unspecified atom stereocenters. The minimum absolute atomic E-state index is 0.179. The van der Waals surface area contributed by atoms with E-state index in [1.165, 1.54) is 0 Å². The van der Waals surface area contributed by atoms with Crippen molar-refractivity contribution < 1.29 is 0 Å². The summed E-state index contributed by atoms with van der Waals surface area (Å²) in [6.45, 7) is 5.59. The summed E-state index contributed by atoms with van der Waals surface area (Å²) in [7, 11) is 0. The fourth-order valence-corrected chi connectivity index (χ4v) is 1.85. The second-order valence-corrected chi connectivity index (χ2v) is 3.71. The average Bonchev–Trinajstić information content (AvgIpc) is 2.19. The molecule has 1 aromatic heterocycles. The minimum Gasteiger partial charge on any atom is -0.368 e. The number of nitrogens with zero attached hydrogens (tertiary/aromatic N) is 3. The van der Waals surface area contributed by atoms with Crippen molar-refractivity contribution in [1.29, 1.82) is 0 Å². The topological polar surface area (TPSA) is 29.0 Å². The smallest absolute Gasteiger partial charge is 0.176 e. The molecule has 1 rings (SSSR count). The first-order valence-corrected chi connectivity index (χ1v) is 5.37. The standard InChI is InChI=1S/C8H10Cl3N3/c1-3-14(4-2)6-5(9)7(10)12-13-8(6)11/h3-4H2,1-2H3. The molecule has 1 heterocycles. The molecule has 3 nitrogen and oxygen atoms in total. The van der Waals surface area contributed by atoms with Gasteiger partial charge >= 0.3 is 0 Å². The zero-order valence-corrected chi connectivity index (χ0v) is 10.2. The molecule has 14 heavy (non-hydrogen) atoms. The van der Waals surface area contributed by atoms with Gasteiger partial charge in [-0.15, -0.1) is 10.2 Å². The molecule has 0 saturated carbocycles. The molecule has 0 aromatic carbocycles. The van der Waals surface area contributed by atoms with Crippen LogP contribution in [0.3, 0.4) is 0 Å². The van der Waals surface area contributed by atoms with Crippen LogP contribution in [0.4, 0.5) is 5.69 Å². The van der Waals surface area contributed by atoms with Crippen molar-refractivity contribution in [3.63, 3.8) is 0 Å². The molecule has 0 aliphatic heterocycles. The van der Waals surface area contributed by atoms with Crippen LogP contribution in [-0.2, 0) is 0 Å². The van der Waals surface area contributed by atoms with Gasteiger partial charge in [-0.05, 0) is 13.8 Å². The van der Waals surface area contributed by atoms with Crippen LogP contribution < -0.4 is 4.90 Å². The number of hydrogen-bond donors (Lipinski definition) is 0. The summed E-state index contributed by atoms with van der Waals surface area (Å²) in [4.78, 5) is 1.98. The van der Waals surface area contributed by atoms with Gasteiger partial charge in [0.25, 0.3) is 0 Å². The Hall–Kier alpha value is -0.250. The van der Waals surface area contributed by atoms with Gasteiger partial charge in [0.1, 0.15) is 5.02 Å². The van der Waals surface area contributed by atoms with Gasteiger partial charge in [0.05, 0.1) is 5.69 Å². The normalized spacial score (nSPS) is 10.4. The minimum atomic E-state index is 0.179. The van der Waals surface area contributed by atoms with E-state index in [0.29, 0.717) is 10.7 Å².